The second-order valence-corrected chi connectivity index (χ2v) is 9.69. The lowest BCUT2D eigenvalue weighted by atomic mass is 9.87. The van der Waals surface area contributed by atoms with E-state index in [1.165, 1.54) is 11.9 Å². The third-order valence-corrected chi connectivity index (χ3v) is 5.49. The third kappa shape index (κ3) is 3.03. The molecule has 2 aliphatic rings. The number of hydrogen-bond donors (Lipinski definition) is 1. The monoisotopic (exact) mass is 467 g/mol. The van der Waals surface area contributed by atoms with Gasteiger partial charge in [0.05, 0.1) is 11.4 Å². The second kappa shape index (κ2) is 5.90. The summed E-state index contributed by atoms with van der Waals surface area (Å²) in [6, 6.07) is -0.00399. The van der Waals surface area contributed by atoms with Gasteiger partial charge in [-0.1, -0.05) is 26.8 Å². The summed E-state index contributed by atoms with van der Waals surface area (Å²) >= 11 is 2.28. The Morgan fingerprint density at radius 3 is 2.69 bits per heavy atom. The first kappa shape index (κ1) is 18.2. The maximum absolute atomic E-state index is 6.28. The predicted octanol–water partition coefficient (Wildman–Crippen LogP) is 3.87. The predicted molar refractivity (Wildman–Crippen MR) is 109 cm³/mol. The van der Waals surface area contributed by atoms with Gasteiger partial charge in [0.25, 0.3) is 0 Å². The summed E-state index contributed by atoms with van der Waals surface area (Å²) in [5.41, 5.74) is 8.14. The lowest BCUT2D eigenvalue weighted by Gasteiger charge is -2.23. The highest BCUT2D eigenvalue weighted by molar-refractivity contribution is 14.1. The number of nitrogens with two attached hydrogens (primary N) is 1. The smallest absolute Gasteiger partial charge is 0.164 e. The molecule has 0 amide bonds. The first-order chi connectivity index (χ1) is 12.1. The minimum atomic E-state index is -0.608. The molecule has 1 saturated heterocycles. The molecule has 1 aliphatic carbocycles. The number of nitrogens with zero attached hydrogens (tertiary/aromatic N) is 3. The van der Waals surface area contributed by atoms with Crippen LogP contribution in [0.1, 0.15) is 40.7 Å². The van der Waals surface area contributed by atoms with Gasteiger partial charge in [0, 0.05) is 9.77 Å². The highest BCUT2D eigenvalue weighted by Crippen LogP contribution is 2.47. The van der Waals surface area contributed by atoms with Crippen molar-refractivity contribution in [2.24, 2.45) is 5.41 Å². The van der Waals surface area contributed by atoms with Crippen molar-refractivity contribution >= 4 is 39.4 Å². The van der Waals surface area contributed by atoms with Crippen LogP contribution in [0.5, 0.6) is 0 Å². The van der Waals surface area contributed by atoms with Crippen molar-refractivity contribution in [2.45, 2.75) is 58.7 Å². The standard InChI is InChI=1S/C19H24IN4O2/c1-18(2,3)7-10-6-12(15-14(10)25-19(4,5)26-15)24-8-11(20)13-16(21)22-9-23-17(13)24/h6-9,12,14-15H,1-5H3,(H2,21,22,23)/t12-,14-,15+/m1/s1. The van der Waals surface area contributed by atoms with Crippen LogP contribution in [0.2, 0.25) is 0 Å². The highest BCUT2D eigenvalue weighted by atomic mass is 127. The van der Waals surface area contributed by atoms with Crippen LogP contribution in [-0.4, -0.2) is 32.5 Å². The molecule has 4 rings (SSSR count). The van der Waals surface area contributed by atoms with Crippen molar-refractivity contribution in [2.75, 3.05) is 5.73 Å². The Balaban J connectivity index is 1.82. The summed E-state index contributed by atoms with van der Waals surface area (Å²) in [6.07, 6.45) is 7.92. The van der Waals surface area contributed by atoms with Crippen LogP contribution in [0.15, 0.2) is 24.2 Å². The largest absolute Gasteiger partial charge is 0.383 e. The molecule has 1 fully saturated rings. The van der Waals surface area contributed by atoms with E-state index in [0.717, 1.165) is 14.6 Å². The Kier molecular flexibility index (Phi) is 4.13. The molecule has 1 aliphatic heterocycles. The number of halogens is 1. The summed E-state index contributed by atoms with van der Waals surface area (Å²) < 4.78 is 15.7. The molecule has 6 nitrogen and oxygen atoms in total. The van der Waals surface area contributed by atoms with E-state index in [4.69, 9.17) is 15.2 Å². The topological polar surface area (TPSA) is 75.2 Å². The number of rotatable bonds is 2. The van der Waals surface area contributed by atoms with Crippen LogP contribution in [0.4, 0.5) is 5.82 Å². The van der Waals surface area contributed by atoms with Gasteiger partial charge in [-0.15, -0.1) is 0 Å². The van der Waals surface area contributed by atoms with Gasteiger partial charge >= 0.3 is 0 Å². The first-order valence-corrected chi connectivity index (χ1v) is 9.83. The van der Waals surface area contributed by atoms with E-state index in [1.54, 1.807) is 0 Å². The van der Waals surface area contributed by atoms with Gasteiger partial charge in [0.15, 0.2) is 5.79 Å². The molecule has 0 aromatic carbocycles. The van der Waals surface area contributed by atoms with Crippen molar-refractivity contribution < 1.29 is 9.47 Å². The summed E-state index contributed by atoms with van der Waals surface area (Å²) in [7, 11) is 0. The fourth-order valence-corrected chi connectivity index (χ4v) is 4.66. The van der Waals surface area contributed by atoms with Gasteiger partial charge in [0.2, 0.25) is 0 Å². The fraction of sp³-hybridized carbons (Fsp3) is 0.526. The van der Waals surface area contributed by atoms with Crippen LogP contribution in [-0.2, 0) is 9.47 Å². The van der Waals surface area contributed by atoms with Crippen LogP contribution >= 0.6 is 22.6 Å². The Morgan fingerprint density at radius 1 is 1.27 bits per heavy atom. The molecule has 2 aromatic rings. The number of nitrogen functional groups attached to an aromatic ring is 1. The zero-order valence-corrected chi connectivity index (χ0v) is 17.8. The third-order valence-electron chi connectivity index (χ3n) is 4.67. The zero-order chi connectivity index (χ0) is 18.9. The van der Waals surface area contributed by atoms with Crippen molar-refractivity contribution in [1.29, 1.82) is 0 Å². The summed E-state index contributed by atoms with van der Waals surface area (Å²) in [4.78, 5) is 8.62. The van der Waals surface area contributed by atoms with Gasteiger partial charge in [-0.05, 0) is 53.8 Å². The number of hydrogen-bond acceptors (Lipinski definition) is 5. The Morgan fingerprint density at radius 2 is 2.00 bits per heavy atom. The van der Waals surface area contributed by atoms with Gasteiger partial charge in [-0.3, -0.25) is 0 Å². The molecule has 0 unspecified atom stereocenters. The summed E-state index contributed by atoms with van der Waals surface area (Å²) in [5.74, 6) is -0.106. The number of aromatic nitrogens is 3. The molecule has 2 N–H and O–H groups in total. The van der Waals surface area contributed by atoms with Gasteiger partial charge in [-0.2, -0.15) is 0 Å². The molecule has 1 radical (unpaired) electrons. The summed E-state index contributed by atoms with van der Waals surface area (Å²) in [6.45, 7) is 10.5. The average molecular weight is 467 g/mol. The van der Waals surface area contributed by atoms with Crippen molar-refractivity contribution in [3.63, 3.8) is 0 Å². The fourth-order valence-electron chi connectivity index (χ4n) is 3.84. The van der Waals surface area contributed by atoms with E-state index in [2.05, 4.69) is 76.6 Å². The Bertz CT molecular complexity index is 897. The van der Waals surface area contributed by atoms with E-state index < -0.39 is 5.79 Å². The molecule has 3 atom stereocenters. The Labute approximate surface area is 167 Å². The molecule has 0 spiro atoms. The van der Waals surface area contributed by atoms with Crippen molar-refractivity contribution in [3.05, 3.63) is 34.2 Å². The van der Waals surface area contributed by atoms with Crippen LogP contribution in [0.25, 0.3) is 11.0 Å². The molecule has 3 heterocycles. The lowest BCUT2D eigenvalue weighted by molar-refractivity contribution is -0.147. The van der Waals surface area contributed by atoms with E-state index in [-0.39, 0.29) is 23.7 Å². The number of fused-ring (bicyclic) bond motifs is 2. The number of anilines is 1. The quantitative estimate of drug-likeness (QED) is 0.679. The van der Waals surface area contributed by atoms with Gasteiger partial charge in [-0.25, -0.2) is 9.97 Å². The van der Waals surface area contributed by atoms with E-state index in [0.29, 0.717) is 5.82 Å². The van der Waals surface area contributed by atoms with Crippen LogP contribution in [0, 0.1) is 15.4 Å². The Hall–Kier alpha value is -1.19. The maximum Gasteiger partial charge on any atom is 0.164 e. The van der Waals surface area contributed by atoms with Gasteiger partial charge < -0.3 is 19.8 Å². The second-order valence-electron chi connectivity index (χ2n) is 8.53. The van der Waals surface area contributed by atoms with E-state index >= 15 is 0 Å². The lowest BCUT2D eigenvalue weighted by Crippen LogP contribution is -2.28. The molecule has 0 bridgehead atoms. The molecule has 139 valence electrons. The minimum absolute atomic E-state index is 0.00399. The van der Waals surface area contributed by atoms with Crippen molar-refractivity contribution in [1.82, 2.24) is 14.5 Å². The van der Waals surface area contributed by atoms with Crippen molar-refractivity contribution in [3.8, 4) is 0 Å². The van der Waals surface area contributed by atoms with Gasteiger partial charge in [0.1, 0.15) is 30.0 Å². The van der Waals surface area contributed by atoms with Crippen LogP contribution < -0.4 is 5.73 Å². The summed E-state index contributed by atoms with van der Waals surface area (Å²) in [5, 5.41) is 0.893. The van der Waals surface area contributed by atoms with E-state index in [9.17, 15) is 0 Å². The molecule has 7 heteroatoms. The first-order valence-electron chi connectivity index (χ1n) is 8.75. The van der Waals surface area contributed by atoms with Crippen LogP contribution in [0.3, 0.4) is 0 Å². The molecular formula is C19H24IN4O2. The highest BCUT2D eigenvalue weighted by Gasteiger charge is 2.51. The molecule has 2 aromatic heterocycles. The maximum atomic E-state index is 6.28. The molecule has 26 heavy (non-hydrogen) atoms. The zero-order valence-electron chi connectivity index (χ0n) is 15.7. The SMILES string of the molecule is CC(C)(C)[CH]C1=C[C@@H](n2cc(I)c3c(N)ncnc32)[C@@H]2OC(C)(C)O[C@H]12. The average Bonchev–Trinajstić information content (AvgIpc) is 3.09. The normalized spacial score (nSPS) is 27.8. The number of ether oxygens (including phenoxy) is 2. The van der Waals surface area contributed by atoms with E-state index in [1.807, 2.05) is 13.8 Å². The molecular weight excluding hydrogens is 443 g/mol. The minimum Gasteiger partial charge on any atom is -0.383 e. The molecule has 0 saturated carbocycles.